The van der Waals surface area contributed by atoms with Crippen molar-refractivity contribution in [3.05, 3.63) is 32.6 Å². The highest BCUT2D eigenvalue weighted by Crippen LogP contribution is 2.61. The summed E-state index contributed by atoms with van der Waals surface area (Å²) in [5.41, 5.74) is -1.23. The van der Waals surface area contributed by atoms with Crippen LogP contribution in [0.3, 0.4) is 0 Å². The number of aryl methyl sites for hydroxylation is 1. The van der Waals surface area contributed by atoms with Gasteiger partial charge < -0.3 is 39.7 Å². The molecule has 0 amide bonds. The Hall–Kier alpha value is -1.30. The normalized spacial score (nSPS) is 33.8. The molecule has 1 unspecified atom stereocenters. The van der Waals surface area contributed by atoms with E-state index in [0.717, 1.165) is 4.57 Å². The van der Waals surface area contributed by atoms with Crippen LogP contribution in [0.25, 0.3) is 0 Å². The molecule has 7 N–H and O–H groups in total. The molecule has 34 heavy (non-hydrogen) atoms. The van der Waals surface area contributed by atoms with Gasteiger partial charge in [0.15, 0.2) is 6.29 Å². The van der Waals surface area contributed by atoms with Crippen molar-refractivity contribution in [3.8, 4) is 0 Å². The van der Waals surface area contributed by atoms with E-state index in [1.165, 1.54) is 13.1 Å². The highest BCUT2D eigenvalue weighted by atomic mass is 31.3. The number of ether oxygens (including phenoxy) is 2. The minimum atomic E-state index is -5.44. The van der Waals surface area contributed by atoms with Crippen molar-refractivity contribution in [3.63, 3.8) is 0 Å². The SMILES string of the molecule is Cc1cn([C@H]2C[C@H](O)[C@@H](COP(=O)(OC[C@H]3O[C@@H](O)[C@H](O)[C@H]3O)OP(=O)(O)O)O2)c(=O)[nH]c1=O. The fourth-order valence-electron chi connectivity index (χ4n) is 3.25. The Morgan fingerprint density at radius 1 is 1.06 bits per heavy atom. The molecule has 3 rings (SSSR count). The Morgan fingerprint density at radius 3 is 2.24 bits per heavy atom. The zero-order valence-corrected chi connectivity index (χ0v) is 19.2. The Morgan fingerprint density at radius 2 is 1.68 bits per heavy atom. The number of aromatic amines is 1. The maximum atomic E-state index is 12.8. The molecule has 3 heterocycles. The van der Waals surface area contributed by atoms with Gasteiger partial charge >= 0.3 is 21.3 Å². The Labute approximate surface area is 190 Å². The van der Waals surface area contributed by atoms with Crippen LogP contribution in [0.4, 0.5) is 0 Å². The second-order valence-corrected chi connectivity index (χ2v) is 10.6. The standard InChI is InChI=1S/C15H24N2O15P2/c1-6-3-17(15(23)16-13(6)21)10-2-7(18)8(30-10)4-28-34(27,32-33(24,25)26)29-5-9-11(19)12(20)14(22)31-9/h3,7-12,14,18-20,22H,2,4-5H2,1H3,(H,16,21,23)(H2,24,25,26)/t7-,8+,9+,10+,11-,12+,14+,34?/m0/s1. The first-order valence-electron chi connectivity index (χ1n) is 9.70. The van der Waals surface area contributed by atoms with Gasteiger partial charge in [0.05, 0.1) is 19.3 Å². The van der Waals surface area contributed by atoms with Crippen molar-refractivity contribution >= 4 is 15.6 Å². The number of H-pyrrole nitrogens is 1. The molecule has 0 bridgehead atoms. The number of nitrogens with zero attached hydrogens (tertiary/aromatic N) is 1. The summed E-state index contributed by atoms with van der Waals surface area (Å²) in [4.78, 5) is 43.7. The van der Waals surface area contributed by atoms with Gasteiger partial charge in [0.2, 0.25) is 0 Å². The van der Waals surface area contributed by atoms with Crippen LogP contribution in [0.15, 0.2) is 15.8 Å². The van der Waals surface area contributed by atoms with Gasteiger partial charge in [0, 0.05) is 18.2 Å². The van der Waals surface area contributed by atoms with Gasteiger partial charge in [-0.2, -0.15) is 4.31 Å². The van der Waals surface area contributed by atoms with E-state index in [9.17, 15) is 39.1 Å². The first-order valence-corrected chi connectivity index (χ1v) is 12.7. The van der Waals surface area contributed by atoms with Gasteiger partial charge in [0.1, 0.15) is 30.6 Å². The molecule has 2 saturated heterocycles. The van der Waals surface area contributed by atoms with Crippen LogP contribution in [0.2, 0.25) is 0 Å². The number of hydrogen-bond donors (Lipinski definition) is 7. The molecular formula is C15H24N2O15P2. The maximum Gasteiger partial charge on any atom is 0.483 e. The van der Waals surface area contributed by atoms with E-state index in [0.29, 0.717) is 0 Å². The highest BCUT2D eigenvalue weighted by molar-refractivity contribution is 7.61. The van der Waals surface area contributed by atoms with Gasteiger partial charge in [-0.3, -0.25) is 23.4 Å². The molecule has 2 fully saturated rings. The second kappa shape index (κ2) is 10.4. The Balaban J connectivity index is 1.67. The van der Waals surface area contributed by atoms with Gasteiger partial charge in [-0.25, -0.2) is 13.9 Å². The van der Waals surface area contributed by atoms with E-state index >= 15 is 0 Å². The third kappa shape index (κ3) is 6.47. The summed E-state index contributed by atoms with van der Waals surface area (Å²) in [6, 6.07) is 0. The lowest BCUT2D eigenvalue weighted by Crippen LogP contribution is -2.34. The fraction of sp³-hybridized carbons (Fsp3) is 0.733. The molecule has 0 radical (unpaired) electrons. The van der Waals surface area contributed by atoms with Crippen LogP contribution in [0, 0.1) is 6.92 Å². The molecule has 0 saturated carbocycles. The zero-order valence-electron chi connectivity index (χ0n) is 17.4. The first kappa shape index (κ1) is 27.3. The van der Waals surface area contributed by atoms with Gasteiger partial charge in [-0.05, 0) is 6.92 Å². The van der Waals surface area contributed by atoms with Gasteiger partial charge in [-0.1, -0.05) is 0 Å². The van der Waals surface area contributed by atoms with Crippen LogP contribution < -0.4 is 11.2 Å². The summed E-state index contributed by atoms with van der Waals surface area (Å²) in [5, 5.41) is 38.8. The number of hydrogen-bond acceptors (Lipinski definition) is 13. The zero-order chi connectivity index (χ0) is 25.4. The van der Waals surface area contributed by atoms with Crippen molar-refractivity contribution < 1.29 is 62.2 Å². The monoisotopic (exact) mass is 534 g/mol. The van der Waals surface area contributed by atoms with Crippen molar-refractivity contribution in [2.75, 3.05) is 13.2 Å². The minimum Gasteiger partial charge on any atom is -0.390 e. The summed E-state index contributed by atoms with van der Waals surface area (Å²) in [6.07, 6.45) is -9.18. The van der Waals surface area contributed by atoms with E-state index in [2.05, 4.69) is 9.29 Å². The maximum absolute atomic E-state index is 12.8. The van der Waals surface area contributed by atoms with Gasteiger partial charge in [-0.15, -0.1) is 0 Å². The lowest BCUT2D eigenvalue weighted by Gasteiger charge is -2.23. The number of phosphoric ester groups is 1. The largest absolute Gasteiger partial charge is 0.483 e. The molecule has 1 aromatic rings. The van der Waals surface area contributed by atoms with E-state index in [1.807, 2.05) is 0 Å². The summed E-state index contributed by atoms with van der Waals surface area (Å²) >= 11 is 0. The van der Waals surface area contributed by atoms with Crippen LogP contribution in [-0.4, -0.2) is 89.8 Å². The Bertz CT molecular complexity index is 1080. The lowest BCUT2D eigenvalue weighted by molar-refractivity contribution is -0.132. The highest BCUT2D eigenvalue weighted by Gasteiger charge is 2.45. The number of aliphatic hydroxyl groups is 4. The predicted molar refractivity (Wildman–Crippen MR) is 106 cm³/mol. The first-order chi connectivity index (χ1) is 15.7. The van der Waals surface area contributed by atoms with E-state index in [-0.39, 0.29) is 12.0 Å². The van der Waals surface area contributed by atoms with Crippen molar-refractivity contribution in [1.82, 2.24) is 9.55 Å². The minimum absolute atomic E-state index is 0.151. The smallest absolute Gasteiger partial charge is 0.390 e. The number of rotatable bonds is 9. The molecule has 8 atom stereocenters. The van der Waals surface area contributed by atoms with E-state index < -0.39 is 83.1 Å². The topological polar surface area (TPSA) is 257 Å². The summed E-state index contributed by atoms with van der Waals surface area (Å²) in [5.74, 6) is 0. The van der Waals surface area contributed by atoms with Crippen LogP contribution in [0.1, 0.15) is 18.2 Å². The van der Waals surface area contributed by atoms with Crippen molar-refractivity contribution in [1.29, 1.82) is 0 Å². The Kier molecular flexibility index (Phi) is 8.32. The fourth-order valence-corrected chi connectivity index (χ4v) is 5.40. The molecule has 1 aromatic heterocycles. The predicted octanol–water partition coefficient (Wildman–Crippen LogP) is -2.82. The van der Waals surface area contributed by atoms with Crippen LogP contribution in [-0.2, 0) is 32.0 Å². The summed E-state index contributed by atoms with van der Waals surface area (Å²) in [6.45, 7) is -0.225. The lowest BCUT2D eigenvalue weighted by atomic mass is 10.1. The van der Waals surface area contributed by atoms with E-state index in [4.69, 9.17) is 28.3 Å². The van der Waals surface area contributed by atoms with Crippen LogP contribution >= 0.6 is 15.6 Å². The van der Waals surface area contributed by atoms with Crippen molar-refractivity contribution in [2.45, 2.75) is 56.4 Å². The quantitative estimate of drug-likeness (QED) is 0.158. The molecule has 0 aromatic carbocycles. The molecule has 0 spiro atoms. The van der Waals surface area contributed by atoms with Gasteiger partial charge in [0.25, 0.3) is 5.56 Å². The molecule has 194 valence electrons. The molecule has 2 aliphatic heterocycles. The molecule has 19 heteroatoms. The second-order valence-electron chi connectivity index (χ2n) is 7.57. The third-order valence-corrected chi connectivity index (χ3v) is 7.58. The molecule has 0 aliphatic carbocycles. The van der Waals surface area contributed by atoms with E-state index in [1.54, 1.807) is 0 Å². The average Bonchev–Trinajstić information content (AvgIpc) is 3.21. The molecule has 17 nitrogen and oxygen atoms in total. The summed E-state index contributed by atoms with van der Waals surface area (Å²) < 4.78 is 49.1. The number of phosphoric acid groups is 2. The number of nitrogens with one attached hydrogen (secondary N) is 1. The number of aliphatic hydroxyl groups excluding tert-OH is 4. The van der Waals surface area contributed by atoms with Crippen LogP contribution in [0.5, 0.6) is 0 Å². The van der Waals surface area contributed by atoms with Crippen molar-refractivity contribution in [2.24, 2.45) is 0 Å². The number of aromatic nitrogens is 2. The summed E-state index contributed by atoms with van der Waals surface area (Å²) in [7, 11) is -10.5. The molecule has 2 aliphatic rings. The average molecular weight is 534 g/mol. The third-order valence-electron chi connectivity index (χ3n) is 5.00. The molecular weight excluding hydrogens is 510 g/mol.